The van der Waals surface area contributed by atoms with Gasteiger partial charge in [0.25, 0.3) is 0 Å². The normalized spacial score (nSPS) is 15.4. The van der Waals surface area contributed by atoms with Gasteiger partial charge in [0.2, 0.25) is 0 Å². The van der Waals surface area contributed by atoms with Gasteiger partial charge in [-0.05, 0) is 25.2 Å². The van der Waals surface area contributed by atoms with Crippen LogP contribution in [0.1, 0.15) is 52.9 Å². The molecule has 0 atom stereocenters. The number of hydrogen-bond acceptors (Lipinski definition) is 1. The number of nitrogens with one attached hydrogen (secondary N) is 2. The van der Waals surface area contributed by atoms with Crippen LogP contribution in [0.25, 0.3) is 0 Å². The van der Waals surface area contributed by atoms with Gasteiger partial charge in [0.15, 0.2) is 5.96 Å². The van der Waals surface area contributed by atoms with Crippen LogP contribution in [0.15, 0.2) is 4.99 Å². The summed E-state index contributed by atoms with van der Waals surface area (Å²) in [5, 5.41) is 6.75. The average Bonchev–Trinajstić information content (AvgIpc) is 3.14. The first-order valence-corrected chi connectivity index (χ1v) is 7.32. The molecule has 0 radical (unpaired) electrons. The molecule has 0 amide bonds. The second-order valence-electron chi connectivity index (χ2n) is 5.06. The molecular formula is C14H30IN3. The maximum Gasteiger partial charge on any atom is 0.191 e. The van der Waals surface area contributed by atoms with E-state index in [0.29, 0.717) is 0 Å². The van der Waals surface area contributed by atoms with E-state index in [-0.39, 0.29) is 24.0 Å². The van der Waals surface area contributed by atoms with Gasteiger partial charge < -0.3 is 10.6 Å². The van der Waals surface area contributed by atoms with Crippen molar-refractivity contribution in [3.63, 3.8) is 0 Å². The lowest BCUT2D eigenvalue weighted by Crippen LogP contribution is -2.38. The first-order valence-electron chi connectivity index (χ1n) is 7.32. The van der Waals surface area contributed by atoms with E-state index >= 15 is 0 Å². The Morgan fingerprint density at radius 3 is 2.33 bits per heavy atom. The lowest BCUT2D eigenvalue weighted by molar-refractivity contribution is 0.503. The second kappa shape index (κ2) is 10.9. The van der Waals surface area contributed by atoms with Crippen LogP contribution < -0.4 is 10.6 Å². The highest BCUT2D eigenvalue weighted by Gasteiger charge is 2.20. The quantitative estimate of drug-likeness (QED) is 0.392. The number of rotatable bonds is 8. The second-order valence-corrected chi connectivity index (χ2v) is 5.06. The molecule has 0 spiro atoms. The topological polar surface area (TPSA) is 36.4 Å². The van der Waals surface area contributed by atoms with E-state index < -0.39 is 0 Å². The molecule has 0 heterocycles. The van der Waals surface area contributed by atoms with E-state index in [2.05, 4.69) is 36.4 Å². The van der Waals surface area contributed by atoms with Gasteiger partial charge in [-0.2, -0.15) is 0 Å². The fourth-order valence-electron chi connectivity index (χ4n) is 1.91. The van der Waals surface area contributed by atoms with Crippen molar-refractivity contribution < 1.29 is 0 Å². The summed E-state index contributed by atoms with van der Waals surface area (Å²) in [7, 11) is 0. The first-order chi connectivity index (χ1) is 8.30. The smallest absolute Gasteiger partial charge is 0.191 e. The van der Waals surface area contributed by atoms with Gasteiger partial charge in [0, 0.05) is 19.6 Å². The van der Waals surface area contributed by atoms with Crippen molar-refractivity contribution in [1.82, 2.24) is 10.6 Å². The van der Waals surface area contributed by atoms with Crippen molar-refractivity contribution in [1.29, 1.82) is 0 Å². The Hall–Kier alpha value is 0. The first kappa shape index (κ1) is 18.0. The van der Waals surface area contributed by atoms with Crippen LogP contribution in [0, 0.1) is 11.8 Å². The van der Waals surface area contributed by atoms with Crippen LogP contribution in [-0.2, 0) is 0 Å². The van der Waals surface area contributed by atoms with Gasteiger partial charge in [0.05, 0.1) is 0 Å². The molecule has 1 saturated carbocycles. The molecule has 0 unspecified atom stereocenters. The Labute approximate surface area is 130 Å². The lowest BCUT2D eigenvalue weighted by atomic mass is 10.0. The van der Waals surface area contributed by atoms with Crippen molar-refractivity contribution in [3.05, 3.63) is 0 Å². The maximum absolute atomic E-state index is 4.67. The zero-order valence-corrected chi connectivity index (χ0v) is 14.5. The van der Waals surface area contributed by atoms with E-state index in [1.165, 1.54) is 32.1 Å². The summed E-state index contributed by atoms with van der Waals surface area (Å²) in [6.45, 7) is 9.58. The van der Waals surface area contributed by atoms with E-state index in [0.717, 1.165) is 37.4 Å². The lowest BCUT2D eigenvalue weighted by Gasteiger charge is -2.13. The minimum absolute atomic E-state index is 0. The fraction of sp³-hybridized carbons (Fsp3) is 0.929. The molecular weight excluding hydrogens is 337 g/mol. The van der Waals surface area contributed by atoms with Crippen LogP contribution in [0.5, 0.6) is 0 Å². The minimum Gasteiger partial charge on any atom is -0.357 e. The molecule has 0 aromatic rings. The Morgan fingerprint density at radius 1 is 1.17 bits per heavy atom. The zero-order valence-electron chi connectivity index (χ0n) is 12.2. The predicted octanol–water partition coefficient (Wildman–Crippen LogP) is 3.40. The number of hydrogen-bond donors (Lipinski definition) is 2. The van der Waals surface area contributed by atoms with Crippen molar-refractivity contribution in [2.24, 2.45) is 16.8 Å². The molecule has 0 bridgehead atoms. The summed E-state index contributed by atoms with van der Waals surface area (Å²) >= 11 is 0. The summed E-state index contributed by atoms with van der Waals surface area (Å²) < 4.78 is 0. The third kappa shape index (κ3) is 8.16. The molecule has 1 fully saturated rings. The van der Waals surface area contributed by atoms with Crippen LogP contribution >= 0.6 is 24.0 Å². The predicted molar refractivity (Wildman–Crippen MR) is 90.8 cm³/mol. The SMILES string of the molecule is CCNC(=NCC(CC)CC)NCCC1CC1.I. The largest absolute Gasteiger partial charge is 0.357 e. The van der Waals surface area contributed by atoms with Crippen LogP contribution in [0.4, 0.5) is 0 Å². The summed E-state index contributed by atoms with van der Waals surface area (Å²) in [4.78, 5) is 4.67. The molecule has 0 aromatic carbocycles. The van der Waals surface area contributed by atoms with E-state index in [1.807, 2.05) is 0 Å². The van der Waals surface area contributed by atoms with Crippen molar-refractivity contribution in [3.8, 4) is 0 Å². The molecule has 3 nitrogen and oxygen atoms in total. The third-order valence-electron chi connectivity index (χ3n) is 3.55. The Balaban J connectivity index is 0.00000289. The monoisotopic (exact) mass is 367 g/mol. The zero-order chi connectivity index (χ0) is 12.5. The highest BCUT2D eigenvalue weighted by Crippen LogP contribution is 2.31. The Morgan fingerprint density at radius 2 is 1.83 bits per heavy atom. The molecule has 1 rings (SSSR count). The van der Waals surface area contributed by atoms with Gasteiger partial charge in [-0.25, -0.2) is 0 Å². The average molecular weight is 367 g/mol. The number of guanidine groups is 1. The van der Waals surface area contributed by atoms with Crippen molar-refractivity contribution in [2.45, 2.75) is 52.9 Å². The van der Waals surface area contributed by atoms with Gasteiger partial charge in [-0.1, -0.05) is 39.5 Å². The Kier molecular flexibility index (Phi) is 10.9. The summed E-state index contributed by atoms with van der Waals surface area (Å²) in [6.07, 6.45) is 6.62. The van der Waals surface area contributed by atoms with Gasteiger partial charge in [-0.3, -0.25) is 4.99 Å². The van der Waals surface area contributed by atoms with Crippen molar-refractivity contribution >= 4 is 29.9 Å². The van der Waals surface area contributed by atoms with Gasteiger partial charge in [-0.15, -0.1) is 24.0 Å². The summed E-state index contributed by atoms with van der Waals surface area (Å²) in [5.41, 5.74) is 0. The minimum atomic E-state index is 0. The molecule has 0 saturated heterocycles. The van der Waals surface area contributed by atoms with E-state index in [1.54, 1.807) is 0 Å². The van der Waals surface area contributed by atoms with Gasteiger partial charge >= 0.3 is 0 Å². The highest BCUT2D eigenvalue weighted by molar-refractivity contribution is 14.0. The van der Waals surface area contributed by atoms with Crippen molar-refractivity contribution in [2.75, 3.05) is 19.6 Å². The maximum atomic E-state index is 4.67. The molecule has 18 heavy (non-hydrogen) atoms. The molecule has 0 aliphatic heterocycles. The van der Waals surface area contributed by atoms with Crippen LogP contribution in [0.3, 0.4) is 0 Å². The summed E-state index contributed by atoms with van der Waals surface area (Å²) in [6, 6.07) is 0. The molecule has 1 aliphatic carbocycles. The van der Waals surface area contributed by atoms with Crippen LogP contribution in [0.2, 0.25) is 0 Å². The standard InChI is InChI=1S/C14H29N3.HI/c1-4-12(5-2)11-17-14(15-6-3)16-10-9-13-7-8-13;/h12-13H,4-11H2,1-3H3,(H2,15,16,17);1H. The molecule has 4 heteroatoms. The molecule has 1 aliphatic rings. The van der Waals surface area contributed by atoms with Crippen LogP contribution in [-0.4, -0.2) is 25.6 Å². The summed E-state index contributed by atoms with van der Waals surface area (Å²) in [5.74, 6) is 2.72. The van der Waals surface area contributed by atoms with Gasteiger partial charge in [0.1, 0.15) is 0 Å². The number of nitrogens with zero attached hydrogens (tertiary/aromatic N) is 1. The number of aliphatic imine (C=N–C) groups is 1. The fourth-order valence-corrected chi connectivity index (χ4v) is 1.91. The molecule has 0 aromatic heterocycles. The number of halogens is 1. The van der Waals surface area contributed by atoms with E-state index in [9.17, 15) is 0 Å². The molecule has 2 N–H and O–H groups in total. The van der Waals surface area contributed by atoms with E-state index in [4.69, 9.17) is 0 Å². The third-order valence-corrected chi connectivity index (χ3v) is 3.55. The Bertz CT molecular complexity index is 223. The highest BCUT2D eigenvalue weighted by atomic mass is 127. The molecule has 108 valence electrons.